The summed E-state index contributed by atoms with van der Waals surface area (Å²) in [5, 5.41) is 2.86. The largest absolute Gasteiger partial charge is 0.472 e. The molecule has 3 rings (SSSR count). The lowest BCUT2D eigenvalue weighted by atomic mass is 9.95. The molecule has 1 fully saturated rings. The van der Waals surface area contributed by atoms with Crippen LogP contribution in [0.2, 0.25) is 0 Å². The first-order chi connectivity index (χ1) is 10.7. The van der Waals surface area contributed by atoms with Crippen LogP contribution in [0.15, 0.2) is 47.5 Å². The van der Waals surface area contributed by atoms with E-state index < -0.39 is 0 Å². The maximum absolute atomic E-state index is 12.2. The van der Waals surface area contributed by atoms with Crippen molar-refractivity contribution in [2.75, 3.05) is 18.4 Å². The molecule has 2 amide bonds. The summed E-state index contributed by atoms with van der Waals surface area (Å²) < 4.78 is 4.93. The van der Waals surface area contributed by atoms with Crippen molar-refractivity contribution >= 4 is 17.5 Å². The van der Waals surface area contributed by atoms with Gasteiger partial charge in [-0.25, -0.2) is 0 Å². The summed E-state index contributed by atoms with van der Waals surface area (Å²) in [4.78, 5) is 30.1. The van der Waals surface area contributed by atoms with Gasteiger partial charge in [0.15, 0.2) is 0 Å². The molecule has 2 aromatic heterocycles. The van der Waals surface area contributed by atoms with Crippen molar-refractivity contribution in [3.05, 3.63) is 48.7 Å². The molecule has 0 radical (unpaired) electrons. The summed E-state index contributed by atoms with van der Waals surface area (Å²) in [5.41, 5.74) is 1.25. The molecule has 1 aliphatic rings. The lowest BCUT2D eigenvalue weighted by Crippen LogP contribution is -2.41. The maximum atomic E-state index is 12.2. The number of hydrogen-bond acceptors (Lipinski definition) is 4. The van der Waals surface area contributed by atoms with Crippen molar-refractivity contribution in [1.82, 2.24) is 9.88 Å². The summed E-state index contributed by atoms with van der Waals surface area (Å²) in [6, 6.07) is 5.24. The zero-order valence-corrected chi connectivity index (χ0v) is 12.1. The van der Waals surface area contributed by atoms with Crippen LogP contribution in [0, 0.1) is 5.92 Å². The smallest absolute Gasteiger partial charge is 0.257 e. The molecule has 3 heterocycles. The number of furan rings is 1. The Labute approximate surface area is 128 Å². The SMILES string of the molecule is O=C(Nc1cccnc1)C1CCN(C(=O)c2ccoc2)CC1. The van der Waals surface area contributed by atoms with E-state index >= 15 is 0 Å². The first-order valence-electron chi connectivity index (χ1n) is 7.26. The van der Waals surface area contributed by atoms with Gasteiger partial charge >= 0.3 is 0 Å². The van der Waals surface area contributed by atoms with Gasteiger partial charge in [-0.15, -0.1) is 0 Å². The molecule has 0 atom stereocenters. The van der Waals surface area contributed by atoms with Gasteiger partial charge in [0.25, 0.3) is 5.91 Å². The first kappa shape index (κ1) is 14.3. The third-order valence-electron chi connectivity index (χ3n) is 3.85. The summed E-state index contributed by atoms with van der Waals surface area (Å²) in [6.45, 7) is 1.16. The topological polar surface area (TPSA) is 75.4 Å². The van der Waals surface area contributed by atoms with Gasteiger partial charge in [0.05, 0.1) is 23.7 Å². The zero-order valence-electron chi connectivity index (χ0n) is 12.1. The van der Waals surface area contributed by atoms with Crippen LogP contribution in [0.25, 0.3) is 0 Å². The Morgan fingerprint density at radius 1 is 1.27 bits per heavy atom. The lowest BCUT2D eigenvalue weighted by Gasteiger charge is -2.31. The van der Waals surface area contributed by atoms with E-state index in [0.717, 1.165) is 0 Å². The van der Waals surface area contributed by atoms with Crippen molar-refractivity contribution in [1.29, 1.82) is 0 Å². The fourth-order valence-corrected chi connectivity index (χ4v) is 2.59. The van der Waals surface area contributed by atoms with Crippen molar-refractivity contribution in [2.24, 2.45) is 5.92 Å². The van der Waals surface area contributed by atoms with E-state index in [1.54, 1.807) is 29.4 Å². The standard InChI is InChI=1S/C16H17N3O3/c20-15(18-14-2-1-6-17-10-14)12-3-7-19(8-4-12)16(21)13-5-9-22-11-13/h1-2,5-6,9-12H,3-4,7-8H2,(H,18,20). The molecular weight excluding hydrogens is 282 g/mol. The number of rotatable bonds is 3. The molecule has 0 bridgehead atoms. The average molecular weight is 299 g/mol. The van der Waals surface area contributed by atoms with Gasteiger partial charge in [0.1, 0.15) is 6.26 Å². The van der Waals surface area contributed by atoms with Crippen LogP contribution >= 0.6 is 0 Å². The predicted octanol–water partition coefficient (Wildman–Crippen LogP) is 2.17. The average Bonchev–Trinajstić information content (AvgIpc) is 3.10. The normalized spacial score (nSPS) is 15.5. The van der Waals surface area contributed by atoms with E-state index in [4.69, 9.17) is 4.42 Å². The highest BCUT2D eigenvalue weighted by Gasteiger charge is 2.28. The number of likely N-dealkylation sites (tertiary alicyclic amines) is 1. The Kier molecular flexibility index (Phi) is 4.18. The number of carbonyl (C=O) groups excluding carboxylic acids is 2. The highest BCUT2D eigenvalue weighted by molar-refractivity contribution is 5.95. The van der Waals surface area contributed by atoms with Crippen molar-refractivity contribution in [3.8, 4) is 0 Å². The maximum Gasteiger partial charge on any atom is 0.257 e. The van der Waals surface area contributed by atoms with Crippen LogP contribution in [-0.2, 0) is 4.79 Å². The van der Waals surface area contributed by atoms with Crippen LogP contribution in [-0.4, -0.2) is 34.8 Å². The molecule has 22 heavy (non-hydrogen) atoms. The van der Waals surface area contributed by atoms with Gasteiger partial charge < -0.3 is 14.6 Å². The number of aromatic nitrogens is 1. The Balaban J connectivity index is 1.53. The highest BCUT2D eigenvalue weighted by Crippen LogP contribution is 2.21. The molecule has 114 valence electrons. The van der Waals surface area contributed by atoms with E-state index in [1.165, 1.54) is 12.5 Å². The van der Waals surface area contributed by atoms with Crippen molar-refractivity contribution in [2.45, 2.75) is 12.8 Å². The van der Waals surface area contributed by atoms with Gasteiger partial charge in [-0.05, 0) is 31.0 Å². The van der Waals surface area contributed by atoms with Crippen molar-refractivity contribution < 1.29 is 14.0 Å². The quantitative estimate of drug-likeness (QED) is 0.942. The molecule has 2 aromatic rings. The predicted molar refractivity (Wildman–Crippen MR) is 80.2 cm³/mol. The molecule has 1 N–H and O–H groups in total. The van der Waals surface area contributed by atoms with Gasteiger partial charge in [-0.2, -0.15) is 0 Å². The molecule has 1 saturated heterocycles. The molecule has 0 saturated carbocycles. The molecule has 0 aromatic carbocycles. The van der Waals surface area contributed by atoms with Crippen LogP contribution in [0.1, 0.15) is 23.2 Å². The number of pyridine rings is 1. The lowest BCUT2D eigenvalue weighted by molar-refractivity contribution is -0.121. The summed E-state index contributed by atoms with van der Waals surface area (Å²) >= 11 is 0. The minimum Gasteiger partial charge on any atom is -0.472 e. The van der Waals surface area contributed by atoms with Crippen LogP contribution in [0.3, 0.4) is 0 Å². The minimum atomic E-state index is -0.0754. The van der Waals surface area contributed by atoms with E-state index in [9.17, 15) is 9.59 Å². The second-order valence-corrected chi connectivity index (χ2v) is 5.31. The number of nitrogens with one attached hydrogen (secondary N) is 1. The number of nitrogens with zero attached hydrogens (tertiary/aromatic N) is 2. The number of anilines is 1. The molecule has 0 spiro atoms. The van der Waals surface area contributed by atoms with Crippen LogP contribution in [0.5, 0.6) is 0 Å². The fraction of sp³-hybridized carbons (Fsp3) is 0.312. The van der Waals surface area contributed by atoms with Gasteiger partial charge in [0.2, 0.25) is 5.91 Å². The Morgan fingerprint density at radius 2 is 2.09 bits per heavy atom. The number of carbonyl (C=O) groups is 2. The monoisotopic (exact) mass is 299 g/mol. The number of piperidine rings is 1. The second-order valence-electron chi connectivity index (χ2n) is 5.31. The number of hydrogen-bond donors (Lipinski definition) is 1. The Bertz CT molecular complexity index is 632. The molecule has 6 nitrogen and oxygen atoms in total. The van der Waals surface area contributed by atoms with Crippen LogP contribution < -0.4 is 5.32 Å². The minimum absolute atomic E-state index is 0.0107. The van der Waals surface area contributed by atoms with E-state index in [-0.39, 0.29) is 17.7 Å². The van der Waals surface area contributed by atoms with E-state index in [2.05, 4.69) is 10.3 Å². The zero-order chi connectivity index (χ0) is 15.4. The Morgan fingerprint density at radius 3 is 2.73 bits per heavy atom. The van der Waals surface area contributed by atoms with E-state index in [1.807, 2.05) is 6.07 Å². The summed E-state index contributed by atoms with van der Waals surface area (Å²) in [6.07, 6.45) is 7.54. The molecule has 0 aliphatic carbocycles. The molecule has 1 aliphatic heterocycles. The fourth-order valence-electron chi connectivity index (χ4n) is 2.59. The van der Waals surface area contributed by atoms with Gasteiger partial charge in [0, 0.05) is 25.2 Å². The van der Waals surface area contributed by atoms with Crippen molar-refractivity contribution in [3.63, 3.8) is 0 Å². The van der Waals surface area contributed by atoms with Gasteiger partial charge in [-0.1, -0.05) is 0 Å². The third kappa shape index (κ3) is 3.16. The van der Waals surface area contributed by atoms with E-state index in [0.29, 0.717) is 37.2 Å². The molecule has 6 heteroatoms. The number of amides is 2. The highest BCUT2D eigenvalue weighted by atomic mass is 16.3. The second kappa shape index (κ2) is 6.43. The molecule has 0 unspecified atom stereocenters. The summed E-state index contributed by atoms with van der Waals surface area (Å²) in [5.74, 6) is -0.128. The van der Waals surface area contributed by atoms with Crippen LogP contribution in [0.4, 0.5) is 5.69 Å². The Hall–Kier alpha value is -2.63. The van der Waals surface area contributed by atoms with Gasteiger partial charge in [-0.3, -0.25) is 14.6 Å². The summed E-state index contributed by atoms with van der Waals surface area (Å²) in [7, 11) is 0. The molecular formula is C16H17N3O3. The first-order valence-corrected chi connectivity index (χ1v) is 7.26. The third-order valence-corrected chi connectivity index (χ3v) is 3.85.